The minimum atomic E-state index is 0.0496. The van der Waals surface area contributed by atoms with Crippen molar-refractivity contribution in [3.63, 3.8) is 0 Å². The summed E-state index contributed by atoms with van der Waals surface area (Å²) in [5.41, 5.74) is 0. The summed E-state index contributed by atoms with van der Waals surface area (Å²) in [5, 5.41) is 3.09. The zero-order chi connectivity index (χ0) is 20.7. The molecule has 0 bridgehead atoms. The topological polar surface area (TPSA) is 41.5 Å². The molecule has 4 nitrogen and oxygen atoms in total. The Morgan fingerprint density at radius 2 is 1.64 bits per heavy atom. The summed E-state index contributed by atoms with van der Waals surface area (Å²) in [4.78, 5) is 16.3. The number of amides is 1. The first-order chi connectivity index (χ1) is 13.6. The molecule has 0 radical (unpaired) electrons. The van der Waals surface area contributed by atoms with Crippen LogP contribution in [0.15, 0.2) is 17.1 Å². The molecular formula is C24H46N3O+. The molecule has 0 aromatic rings. The van der Waals surface area contributed by atoms with Gasteiger partial charge in [-0.15, -0.1) is 0 Å². The van der Waals surface area contributed by atoms with E-state index in [-0.39, 0.29) is 12.1 Å². The molecule has 4 heteroatoms. The van der Waals surface area contributed by atoms with Crippen molar-refractivity contribution in [3.8, 4) is 0 Å². The van der Waals surface area contributed by atoms with Gasteiger partial charge in [-0.3, -0.25) is 9.28 Å². The summed E-state index contributed by atoms with van der Waals surface area (Å²) in [6.45, 7) is 11.1. The molecule has 0 saturated carbocycles. The first-order valence-corrected chi connectivity index (χ1v) is 11.9. The fourth-order valence-corrected chi connectivity index (χ4v) is 4.39. The van der Waals surface area contributed by atoms with Crippen molar-refractivity contribution in [2.24, 2.45) is 4.99 Å². The third-order valence-electron chi connectivity index (χ3n) is 6.19. The second-order valence-electron chi connectivity index (χ2n) is 8.38. The number of quaternary nitrogens is 1. The van der Waals surface area contributed by atoms with E-state index in [1.165, 1.54) is 63.6 Å². The number of likely N-dealkylation sites (N-methyl/N-ethyl adjacent to an activating group) is 1. The van der Waals surface area contributed by atoms with Gasteiger partial charge in [-0.05, 0) is 32.6 Å². The molecule has 1 N–H and O–H groups in total. The molecule has 162 valence electrons. The smallest absolute Gasteiger partial charge is 0.221 e. The Hall–Kier alpha value is -1.16. The summed E-state index contributed by atoms with van der Waals surface area (Å²) in [7, 11) is 0. The Labute approximate surface area is 174 Å². The van der Waals surface area contributed by atoms with E-state index >= 15 is 0 Å². The fraction of sp³-hybridized carbons (Fsp3) is 0.833. The second kappa shape index (κ2) is 14.8. The standard InChI is InChI=1S/C24H45N3O/c1-5-7-8-9-10-11-12-13-14-15-16-17-18-19-24-25-20-21-27(24,6-2)22(3)26-23(4)28/h15-16,22H,5-14,17-21H2,1-4H3/p+1/b16-15+. The molecule has 0 spiro atoms. The van der Waals surface area contributed by atoms with Crippen molar-refractivity contribution in [1.82, 2.24) is 5.32 Å². The van der Waals surface area contributed by atoms with Crippen LogP contribution in [-0.2, 0) is 4.79 Å². The highest BCUT2D eigenvalue weighted by molar-refractivity contribution is 5.78. The zero-order valence-electron chi connectivity index (χ0n) is 19.1. The number of hydrogen-bond donors (Lipinski definition) is 1. The van der Waals surface area contributed by atoms with Gasteiger partial charge in [-0.1, -0.05) is 64.0 Å². The van der Waals surface area contributed by atoms with E-state index in [1.807, 2.05) is 0 Å². The van der Waals surface area contributed by atoms with E-state index in [2.05, 4.69) is 38.2 Å². The average molecular weight is 393 g/mol. The van der Waals surface area contributed by atoms with E-state index in [9.17, 15) is 4.79 Å². The van der Waals surface area contributed by atoms with Crippen molar-refractivity contribution in [2.45, 2.75) is 111 Å². The number of nitrogens with one attached hydrogen (secondary N) is 1. The Kier molecular flexibility index (Phi) is 13.1. The van der Waals surface area contributed by atoms with E-state index in [0.29, 0.717) is 0 Å². The number of hydrogen-bond acceptors (Lipinski definition) is 2. The lowest BCUT2D eigenvalue weighted by Gasteiger charge is -2.39. The van der Waals surface area contributed by atoms with Gasteiger partial charge < -0.3 is 5.32 Å². The van der Waals surface area contributed by atoms with Gasteiger partial charge in [-0.2, -0.15) is 0 Å². The maximum absolute atomic E-state index is 11.5. The number of unbranched alkanes of at least 4 members (excludes halogenated alkanes) is 9. The number of aliphatic imine (C=N–C) groups is 1. The molecule has 2 atom stereocenters. The van der Waals surface area contributed by atoms with Gasteiger partial charge in [0.25, 0.3) is 0 Å². The number of amidine groups is 1. The molecule has 0 aromatic carbocycles. The molecule has 0 saturated heterocycles. The van der Waals surface area contributed by atoms with E-state index in [0.717, 1.165) is 43.4 Å². The number of carbonyl (C=O) groups excluding carboxylic acids is 1. The van der Waals surface area contributed by atoms with Gasteiger partial charge in [0.2, 0.25) is 5.91 Å². The van der Waals surface area contributed by atoms with Crippen LogP contribution in [0.5, 0.6) is 0 Å². The minimum Gasteiger partial charge on any atom is -0.307 e. The second-order valence-corrected chi connectivity index (χ2v) is 8.38. The first kappa shape index (κ1) is 24.9. The van der Waals surface area contributed by atoms with E-state index < -0.39 is 0 Å². The van der Waals surface area contributed by atoms with E-state index in [1.54, 1.807) is 6.92 Å². The minimum absolute atomic E-state index is 0.0496. The molecule has 1 amide bonds. The molecule has 1 aliphatic heterocycles. The van der Waals surface area contributed by atoms with Crippen molar-refractivity contribution in [3.05, 3.63) is 12.2 Å². The third-order valence-corrected chi connectivity index (χ3v) is 6.19. The Bertz CT molecular complexity index is 486. The maximum atomic E-state index is 11.5. The van der Waals surface area contributed by atoms with Gasteiger partial charge in [0, 0.05) is 20.3 Å². The van der Waals surface area contributed by atoms with Crippen LogP contribution in [0.25, 0.3) is 0 Å². The normalized spacial score (nSPS) is 20.5. The Morgan fingerprint density at radius 1 is 1.04 bits per heavy atom. The van der Waals surface area contributed by atoms with Crippen LogP contribution < -0.4 is 5.32 Å². The number of rotatable bonds is 16. The predicted octanol–water partition coefficient (Wildman–Crippen LogP) is 5.97. The van der Waals surface area contributed by atoms with Crippen LogP contribution in [0, 0.1) is 0 Å². The van der Waals surface area contributed by atoms with Crippen LogP contribution in [0.3, 0.4) is 0 Å². The Morgan fingerprint density at radius 3 is 2.25 bits per heavy atom. The molecule has 1 rings (SSSR count). The predicted molar refractivity (Wildman–Crippen MR) is 121 cm³/mol. The van der Waals surface area contributed by atoms with Crippen LogP contribution in [-0.4, -0.2) is 42.0 Å². The monoisotopic (exact) mass is 392 g/mol. The lowest BCUT2D eigenvalue weighted by molar-refractivity contribution is -0.861. The summed E-state index contributed by atoms with van der Waals surface area (Å²) in [6.07, 6.45) is 20.5. The highest BCUT2D eigenvalue weighted by Gasteiger charge is 2.41. The summed E-state index contributed by atoms with van der Waals surface area (Å²) in [6, 6.07) is 0. The van der Waals surface area contributed by atoms with Crippen molar-refractivity contribution >= 4 is 11.7 Å². The summed E-state index contributed by atoms with van der Waals surface area (Å²) in [5.74, 6) is 1.33. The Balaban J connectivity index is 2.17. The molecule has 2 unspecified atom stereocenters. The molecule has 0 aliphatic carbocycles. The first-order valence-electron chi connectivity index (χ1n) is 11.9. The van der Waals surface area contributed by atoms with E-state index in [4.69, 9.17) is 4.99 Å². The van der Waals surface area contributed by atoms with Gasteiger partial charge in [0.1, 0.15) is 6.54 Å². The van der Waals surface area contributed by atoms with Crippen LogP contribution in [0.1, 0.15) is 105 Å². The molecule has 1 aliphatic rings. The fourth-order valence-electron chi connectivity index (χ4n) is 4.39. The lowest BCUT2D eigenvalue weighted by atomic mass is 10.1. The van der Waals surface area contributed by atoms with Gasteiger partial charge >= 0.3 is 0 Å². The third kappa shape index (κ3) is 8.89. The van der Waals surface area contributed by atoms with Crippen molar-refractivity contribution in [2.75, 3.05) is 19.6 Å². The molecule has 1 heterocycles. The SMILES string of the molecule is CCCCCCCCCC/C=C/CCCC1=NCC[N+]1(CC)C(C)NC(C)=O. The zero-order valence-corrected chi connectivity index (χ0v) is 19.1. The lowest BCUT2D eigenvalue weighted by Crippen LogP contribution is -2.62. The molecular weight excluding hydrogens is 346 g/mol. The largest absolute Gasteiger partial charge is 0.307 e. The van der Waals surface area contributed by atoms with Crippen molar-refractivity contribution in [1.29, 1.82) is 0 Å². The molecule has 0 fully saturated rings. The van der Waals surface area contributed by atoms with Crippen LogP contribution in [0.2, 0.25) is 0 Å². The van der Waals surface area contributed by atoms with Gasteiger partial charge in [0.05, 0.1) is 13.1 Å². The summed E-state index contributed by atoms with van der Waals surface area (Å²) >= 11 is 0. The molecule has 0 aromatic heterocycles. The number of carbonyl (C=O) groups is 1. The maximum Gasteiger partial charge on any atom is 0.221 e. The quantitative estimate of drug-likeness (QED) is 0.196. The van der Waals surface area contributed by atoms with Crippen molar-refractivity contribution < 1.29 is 9.28 Å². The highest BCUT2D eigenvalue weighted by atomic mass is 16.1. The molecule has 28 heavy (non-hydrogen) atoms. The summed E-state index contributed by atoms with van der Waals surface area (Å²) < 4.78 is 0.835. The number of nitrogens with zero attached hydrogens (tertiary/aromatic N) is 2. The average Bonchev–Trinajstić information content (AvgIpc) is 3.09. The van der Waals surface area contributed by atoms with Crippen LogP contribution >= 0.6 is 0 Å². The van der Waals surface area contributed by atoms with Gasteiger partial charge in [0.15, 0.2) is 12.0 Å². The highest BCUT2D eigenvalue weighted by Crippen LogP contribution is 2.22. The number of allylic oxidation sites excluding steroid dienone is 2. The van der Waals surface area contributed by atoms with Crippen LogP contribution in [0.4, 0.5) is 0 Å². The van der Waals surface area contributed by atoms with Gasteiger partial charge in [-0.25, -0.2) is 4.99 Å².